The molecule has 0 spiro atoms. The minimum atomic E-state index is -0.835. The Morgan fingerprint density at radius 1 is 1.07 bits per heavy atom. The summed E-state index contributed by atoms with van der Waals surface area (Å²) in [5.41, 5.74) is -0.835. The van der Waals surface area contributed by atoms with Gasteiger partial charge in [-0.3, -0.25) is 0 Å². The van der Waals surface area contributed by atoms with Crippen molar-refractivity contribution >= 4 is 0 Å². The Morgan fingerprint density at radius 3 is 2.13 bits per heavy atom. The number of allylic oxidation sites excluding steroid dienone is 1. The third-order valence-electron chi connectivity index (χ3n) is 2.69. The van der Waals surface area contributed by atoms with Crippen LogP contribution in [0.4, 0.5) is 0 Å². The molecular formula is C14H27O. The second-order valence-electron chi connectivity index (χ2n) is 4.47. The van der Waals surface area contributed by atoms with Gasteiger partial charge in [-0.1, -0.05) is 64.0 Å². The lowest BCUT2D eigenvalue weighted by atomic mass is 9.97. The molecular weight excluding hydrogens is 184 g/mol. The molecule has 1 N–H and O–H groups in total. The quantitative estimate of drug-likeness (QED) is 0.446. The average Bonchev–Trinajstić information content (AvgIpc) is 2.16. The molecule has 0 aliphatic rings. The lowest BCUT2D eigenvalue weighted by Crippen LogP contribution is -2.20. The molecule has 0 fully saturated rings. The van der Waals surface area contributed by atoms with Crippen LogP contribution in [0.25, 0.3) is 0 Å². The maximum absolute atomic E-state index is 9.76. The first kappa shape index (κ1) is 14.7. The predicted molar refractivity (Wildman–Crippen MR) is 67.7 cm³/mol. The van der Waals surface area contributed by atoms with Gasteiger partial charge in [0.1, 0.15) is 0 Å². The second kappa shape index (κ2) is 8.96. The van der Waals surface area contributed by atoms with Gasteiger partial charge >= 0.3 is 0 Å². The summed E-state index contributed by atoms with van der Waals surface area (Å²) in [6, 6.07) is 0. The lowest BCUT2D eigenvalue weighted by molar-refractivity contribution is 0.125. The van der Waals surface area contributed by atoms with E-state index in [-0.39, 0.29) is 0 Å². The van der Waals surface area contributed by atoms with Crippen LogP contribution in [0, 0.1) is 6.92 Å². The number of hydrogen-bond donors (Lipinski definition) is 1. The van der Waals surface area contributed by atoms with Gasteiger partial charge in [0, 0.05) is 0 Å². The molecule has 0 aromatic heterocycles. The molecule has 1 unspecified atom stereocenters. The number of rotatable bonds is 9. The Bertz CT molecular complexity index is 159. The third-order valence-corrected chi connectivity index (χ3v) is 2.69. The number of aliphatic hydroxyl groups is 1. The minimum absolute atomic E-state index is 0.783. The first-order chi connectivity index (χ1) is 7.12. The van der Waals surface area contributed by atoms with Crippen molar-refractivity contribution in [2.45, 2.75) is 70.8 Å². The highest BCUT2D eigenvalue weighted by Crippen LogP contribution is 2.16. The van der Waals surface area contributed by atoms with E-state index in [0.717, 1.165) is 12.8 Å². The Labute approximate surface area is 95.6 Å². The standard InChI is InChI=1S/C14H27O/c1-4-6-7-8-9-10-11-13-14(3,15)12-5-2/h5,12,15H,3-4,6-11,13H2,1-2H3. The van der Waals surface area contributed by atoms with Crippen LogP contribution in [0.15, 0.2) is 12.2 Å². The Morgan fingerprint density at radius 2 is 1.60 bits per heavy atom. The second-order valence-corrected chi connectivity index (χ2v) is 4.47. The summed E-state index contributed by atoms with van der Waals surface area (Å²) in [7, 11) is 0. The molecule has 0 rings (SSSR count). The van der Waals surface area contributed by atoms with E-state index >= 15 is 0 Å². The van der Waals surface area contributed by atoms with Crippen LogP contribution in [-0.4, -0.2) is 10.7 Å². The summed E-state index contributed by atoms with van der Waals surface area (Å²) < 4.78 is 0. The summed E-state index contributed by atoms with van der Waals surface area (Å²) in [5.74, 6) is 0. The van der Waals surface area contributed by atoms with E-state index in [1.54, 1.807) is 6.08 Å². The highest BCUT2D eigenvalue weighted by molar-refractivity contribution is 5.01. The first-order valence-electron chi connectivity index (χ1n) is 6.34. The molecule has 1 heteroatoms. The lowest BCUT2D eigenvalue weighted by Gasteiger charge is -2.18. The summed E-state index contributed by atoms with van der Waals surface area (Å²) in [4.78, 5) is 0. The van der Waals surface area contributed by atoms with Gasteiger partial charge in [0.15, 0.2) is 0 Å². The van der Waals surface area contributed by atoms with E-state index < -0.39 is 5.60 Å². The zero-order valence-electron chi connectivity index (χ0n) is 10.5. The van der Waals surface area contributed by atoms with Gasteiger partial charge in [0.2, 0.25) is 0 Å². The molecule has 0 amide bonds. The van der Waals surface area contributed by atoms with Crippen molar-refractivity contribution in [3.63, 3.8) is 0 Å². The zero-order chi connectivity index (χ0) is 11.6. The van der Waals surface area contributed by atoms with E-state index in [9.17, 15) is 5.11 Å². The molecule has 15 heavy (non-hydrogen) atoms. The van der Waals surface area contributed by atoms with Gasteiger partial charge in [0.05, 0.1) is 5.60 Å². The van der Waals surface area contributed by atoms with Crippen molar-refractivity contribution in [1.29, 1.82) is 0 Å². The molecule has 0 saturated carbocycles. The smallest absolute Gasteiger partial charge is 0.0828 e. The average molecular weight is 211 g/mol. The van der Waals surface area contributed by atoms with Crippen molar-refractivity contribution in [2.75, 3.05) is 0 Å². The summed E-state index contributed by atoms with van der Waals surface area (Å²) in [5, 5.41) is 9.76. The number of unbranched alkanes of at least 4 members (excludes halogenated alkanes) is 6. The van der Waals surface area contributed by atoms with Gasteiger partial charge in [-0.05, 0) is 20.3 Å². The van der Waals surface area contributed by atoms with Crippen molar-refractivity contribution < 1.29 is 5.11 Å². The Hall–Kier alpha value is -0.300. The van der Waals surface area contributed by atoms with E-state index in [1.807, 2.05) is 13.0 Å². The van der Waals surface area contributed by atoms with E-state index in [4.69, 9.17) is 0 Å². The van der Waals surface area contributed by atoms with E-state index in [2.05, 4.69) is 13.8 Å². The van der Waals surface area contributed by atoms with E-state index in [0.29, 0.717) is 0 Å². The molecule has 0 aromatic carbocycles. The molecule has 1 atom stereocenters. The highest BCUT2D eigenvalue weighted by atomic mass is 16.3. The van der Waals surface area contributed by atoms with Crippen molar-refractivity contribution in [1.82, 2.24) is 0 Å². The fourth-order valence-corrected chi connectivity index (χ4v) is 1.78. The molecule has 1 radical (unpaired) electrons. The molecule has 0 bridgehead atoms. The molecule has 0 saturated heterocycles. The molecule has 1 nitrogen and oxygen atoms in total. The highest BCUT2D eigenvalue weighted by Gasteiger charge is 2.14. The Kier molecular flexibility index (Phi) is 8.79. The first-order valence-corrected chi connectivity index (χ1v) is 6.34. The van der Waals surface area contributed by atoms with Crippen molar-refractivity contribution in [3.8, 4) is 0 Å². The molecule has 0 aliphatic heterocycles. The van der Waals surface area contributed by atoms with Crippen LogP contribution in [0.3, 0.4) is 0 Å². The predicted octanol–water partition coefficient (Wildman–Crippen LogP) is 4.27. The third kappa shape index (κ3) is 9.99. The maximum atomic E-state index is 9.76. The van der Waals surface area contributed by atoms with Gasteiger partial charge in [-0.2, -0.15) is 0 Å². The molecule has 0 aromatic rings. The largest absolute Gasteiger partial charge is 0.386 e. The normalized spacial score (nSPS) is 15.7. The minimum Gasteiger partial charge on any atom is -0.386 e. The SMILES string of the molecule is [CH2]C(O)(C=CC)CCCCCCCCC. The van der Waals surface area contributed by atoms with Crippen LogP contribution < -0.4 is 0 Å². The molecule has 89 valence electrons. The Balaban J connectivity index is 3.30. The van der Waals surface area contributed by atoms with E-state index in [1.165, 1.54) is 38.5 Å². The van der Waals surface area contributed by atoms with Crippen LogP contribution in [-0.2, 0) is 0 Å². The molecule has 0 aliphatic carbocycles. The molecule has 0 heterocycles. The van der Waals surface area contributed by atoms with Crippen LogP contribution in [0.2, 0.25) is 0 Å². The van der Waals surface area contributed by atoms with Crippen molar-refractivity contribution in [2.24, 2.45) is 0 Å². The van der Waals surface area contributed by atoms with Crippen LogP contribution in [0.1, 0.15) is 65.2 Å². The van der Waals surface area contributed by atoms with Gasteiger partial charge in [-0.15, -0.1) is 0 Å². The van der Waals surface area contributed by atoms with Gasteiger partial charge in [-0.25, -0.2) is 0 Å². The zero-order valence-corrected chi connectivity index (χ0v) is 10.5. The van der Waals surface area contributed by atoms with Crippen LogP contribution >= 0.6 is 0 Å². The summed E-state index contributed by atoms with van der Waals surface area (Å²) >= 11 is 0. The fourth-order valence-electron chi connectivity index (χ4n) is 1.78. The van der Waals surface area contributed by atoms with Gasteiger partial charge in [0.25, 0.3) is 0 Å². The van der Waals surface area contributed by atoms with Crippen molar-refractivity contribution in [3.05, 3.63) is 19.1 Å². The maximum Gasteiger partial charge on any atom is 0.0828 e. The summed E-state index contributed by atoms with van der Waals surface area (Å²) in [6.45, 7) is 7.93. The van der Waals surface area contributed by atoms with Crippen LogP contribution in [0.5, 0.6) is 0 Å². The topological polar surface area (TPSA) is 20.2 Å². The number of hydrogen-bond acceptors (Lipinski definition) is 1. The monoisotopic (exact) mass is 211 g/mol. The van der Waals surface area contributed by atoms with Gasteiger partial charge < -0.3 is 5.11 Å². The fraction of sp³-hybridized carbons (Fsp3) is 0.786. The summed E-state index contributed by atoms with van der Waals surface area (Å²) in [6.07, 6.45) is 13.4.